The van der Waals surface area contributed by atoms with Crippen LogP contribution in [0.15, 0.2) is 146 Å². The number of carbonyl (C=O) groups excluding carboxylic acids is 3. The van der Waals surface area contributed by atoms with Crippen LogP contribution < -0.4 is 0 Å². The summed E-state index contributed by atoms with van der Waals surface area (Å²) in [4.78, 5) is 38.3. The average molecular weight is 1090 g/mol. The first-order valence-electron chi connectivity index (χ1n) is 32.3. The van der Waals surface area contributed by atoms with Crippen molar-refractivity contribution in [2.24, 2.45) is 0 Å². The summed E-state index contributed by atoms with van der Waals surface area (Å²) in [5.41, 5.74) is 0. The van der Waals surface area contributed by atoms with Gasteiger partial charge in [0.2, 0.25) is 0 Å². The molecule has 6 heteroatoms. The Kier molecular flexibility index (Phi) is 61.9. The van der Waals surface area contributed by atoms with Gasteiger partial charge in [0.05, 0.1) is 0 Å². The minimum Gasteiger partial charge on any atom is -0.462 e. The Balaban J connectivity index is 4.25. The van der Waals surface area contributed by atoms with E-state index < -0.39 is 6.10 Å². The molecule has 0 rings (SSSR count). The molecule has 0 bridgehead atoms. The van der Waals surface area contributed by atoms with Gasteiger partial charge in [-0.3, -0.25) is 14.4 Å². The van der Waals surface area contributed by atoms with E-state index in [0.717, 1.165) is 173 Å². The smallest absolute Gasteiger partial charge is 0.306 e. The van der Waals surface area contributed by atoms with Gasteiger partial charge >= 0.3 is 17.9 Å². The second kappa shape index (κ2) is 65.8. The molecule has 0 spiro atoms. The summed E-state index contributed by atoms with van der Waals surface area (Å²) < 4.78 is 16.9. The molecule has 0 amide bonds. The van der Waals surface area contributed by atoms with E-state index >= 15 is 0 Å². The standard InChI is InChI=1S/C73H118O6/c1-4-7-10-13-16-19-22-25-27-28-29-30-31-32-33-34-35-36-37-38-39-40-41-42-43-44-46-48-51-54-57-60-63-66-72(75)78-69-70(68-77-71(74)65-62-59-56-53-50-47-24-21-18-15-12-9-6-3)79-73(76)67-64-61-58-55-52-49-45-26-23-20-17-14-11-8-5-2/h7-8,10-12,15-17,19-21,24-27,29-30,32-33,35-36,38-39,45,70H,4-6,9,13-14,18,22-23,28,31,34,37,40-44,46-69H2,1-3H3/b10-7-,11-8-,15-12-,19-16-,20-17-,24-21-,27-25-,30-29-,33-32-,36-35-,39-38-,45-26-. The van der Waals surface area contributed by atoms with Crippen LogP contribution in [-0.4, -0.2) is 37.2 Å². The number of allylic oxidation sites excluding steroid dienone is 24. The molecule has 0 N–H and O–H groups in total. The van der Waals surface area contributed by atoms with E-state index in [9.17, 15) is 14.4 Å². The molecule has 1 unspecified atom stereocenters. The average Bonchev–Trinajstić information content (AvgIpc) is 3.45. The highest BCUT2D eigenvalue weighted by Gasteiger charge is 2.19. The molecule has 6 nitrogen and oxygen atoms in total. The summed E-state index contributed by atoms with van der Waals surface area (Å²) in [6.07, 6.45) is 94.3. The van der Waals surface area contributed by atoms with Crippen molar-refractivity contribution in [2.75, 3.05) is 13.2 Å². The number of hydrogen-bond acceptors (Lipinski definition) is 6. The SMILES string of the molecule is CC/C=C\C/C=C\C/C=C\C/C=C\C/C=C\C/C=C\C/C=C\CCCCCCCCCCCCCC(=O)OCC(COC(=O)CCCCCCC/C=C\C/C=C\CCC)OC(=O)CCCCCCC/C=C\C/C=C\C/C=C\CC. The molecular formula is C73H118O6. The molecule has 0 radical (unpaired) electrons. The number of ether oxygens (including phenoxy) is 3. The second-order valence-electron chi connectivity index (χ2n) is 20.9. The lowest BCUT2D eigenvalue weighted by Crippen LogP contribution is -2.30. The number of carbonyl (C=O) groups is 3. The monoisotopic (exact) mass is 1090 g/mol. The molecule has 0 aromatic heterocycles. The Morgan fingerprint density at radius 3 is 0.772 bits per heavy atom. The zero-order valence-corrected chi connectivity index (χ0v) is 51.1. The van der Waals surface area contributed by atoms with Gasteiger partial charge in [0, 0.05) is 19.3 Å². The largest absolute Gasteiger partial charge is 0.462 e. The third-order valence-electron chi connectivity index (χ3n) is 13.3. The Bertz CT molecular complexity index is 1730. The van der Waals surface area contributed by atoms with Crippen molar-refractivity contribution < 1.29 is 28.6 Å². The van der Waals surface area contributed by atoms with E-state index in [4.69, 9.17) is 14.2 Å². The lowest BCUT2D eigenvalue weighted by atomic mass is 10.0. The van der Waals surface area contributed by atoms with Crippen LogP contribution >= 0.6 is 0 Å². The van der Waals surface area contributed by atoms with Crippen LogP contribution in [0.2, 0.25) is 0 Å². The fourth-order valence-corrected chi connectivity index (χ4v) is 8.53. The zero-order valence-electron chi connectivity index (χ0n) is 51.1. The first-order valence-corrected chi connectivity index (χ1v) is 32.3. The van der Waals surface area contributed by atoms with E-state index in [0.29, 0.717) is 19.3 Å². The van der Waals surface area contributed by atoms with Crippen molar-refractivity contribution in [3.05, 3.63) is 146 Å². The van der Waals surface area contributed by atoms with E-state index in [1.807, 2.05) is 0 Å². The fraction of sp³-hybridized carbons (Fsp3) is 0.630. The molecule has 0 saturated heterocycles. The Morgan fingerprint density at radius 1 is 0.266 bits per heavy atom. The molecule has 0 aliphatic heterocycles. The van der Waals surface area contributed by atoms with Crippen LogP contribution in [-0.2, 0) is 28.6 Å². The normalized spacial score (nSPS) is 13.1. The van der Waals surface area contributed by atoms with Crippen LogP contribution in [0.4, 0.5) is 0 Å². The molecule has 0 aromatic rings. The lowest BCUT2D eigenvalue weighted by Gasteiger charge is -2.18. The van der Waals surface area contributed by atoms with Gasteiger partial charge in [-0.05, 0) is 135 Å². The van der Waals surface area contributed by atoms with Gasteiger partial charge in [0.15, 0.2) is 6.10 Å². The minimum absolute atomic E-state index is 0.0949. The summed E-state index contributed by atoms with van der Waals surface area (Å²) in [5, 5.41) is 0. The molecule has 446 valence electrons. The van der Waals surface area contributed by atoms with Crippen molar-refractivity contribution >= 4 is 17.9 Å². The summed E-state index contributed by atoms with van der Waals surface area (Å²) in [5.74, 6) is -0.930. The lowest BCUT2D eigenvalue weighted by molar-refractivity contribution is -0.167. The van der Waals surface area contributed by atoms with Crippen LogP contribution in [0.25, 0.3) is 0 Å². The first kappa shape index (κ1) is 74.3. The summed E-state index contributed by atoms with van der Waals surface area (Å²) in [6, 6.07) is 0. The maximum absolute atomic E-state index is 12.9. The van der Waals surface area contributed by atoms with Gasteiger partial charge in [-0.25, -0.2) is 0 Å². The van der Waals surface area contributed by atoms with Crippen LogP contribution in [0.3, 0.4) is 0 Å². The molecule has 0 aliphatic rings. The highest BCUT2D eigenvalue weighted by Crippen LogP contribution is 2.15. The van der Waals surface area contributed by atoms with E-state index in [1.165, 1.54) is 64.2 Å². The molecule has 0 aliphatic carbocycles. The van der Waals surface area contributed by atoms with E-state index in [-0.39, 0.29) is 31.1 Å². The fourth-order valence-electron chi connectivity index (χ4n) is 8.53. The number of esters is 3. The molecule has 0 aromatic carbocycles. The Labute approximate surface area is 487 Å². The van der Waals surface area contributed by atoms with Gasteiger partial charge in [0.1, 0.15) is 13.2 Å². The van der Waals surface area contributed by atoms with Gasteiger partial charge in [-0.2, -0.15) is 0 Å². The predicted octanol–water partition coefficient (Wildman–Crippen LogP) is 22.3. The highest BCUT2D eigenvalue weighted by atomic mass is 16.6. The molecule has 79 heavy (non-hydrogen) atoms. The van der Waals surface area contributed by atoms with Crippen LogP contribution in [0, 0.1) is 0 Å². The molecule has 0 fully saturated rings. The maximum atomic E-state index is 12.9. The maximum Gasteiger partial charge on any atom is 0.306 e. The molecular weight excluding hydrogens is 973 g/mol. The summed E-state index contributed by atoms with van der Waals surface area (Å²) in [7, 11) is 0. The van der Waals surface area contributed by atoms with Gasteiger partial charge < -0.3 is 14.2 Å². The first-order chi connectivity index (χ1) is 39.0. The summed E-state index contributed by atoms with van der Waals surface area (Å²) in [6.45, 7) is 6.32. The molecule has 0 heterocycles. The minimum atomic E-state index is -0.800. The van der Waals surface area contributed by atoms with Crippen molar-refractivity contribution in [3.8, 4) is 0 Å². The Morgan fingerprint density at radius 2 is 0.494 bits per heavy atom. The quantitative estimate of drug-likeness (QED) is 0.0261. The van der Waals surface area contributed by atoms with Crippen molar-refractivity contribution in [2.45, 2.75) is 284 Å². The molecule has 1 atom stereocenters. The third kappa shape index (κ3) is 64.0. The number of unbranched alkanes of at least 4 members (excludes halogenated alkanes) is 22. The third-order valence-corrected chi connectivity index (χ3v) is 13.3. The van der Waals surface area contributed by atoms with Crippen LogP contribution in [0.1, 0.15) is 278 Å². The van der Waals surface area contributed by atoms with Crippen molar-refractivity contribution in [3.63, 3.8) is 0 Å². The number of rotatable bonds is 57. The number of hydrogen-bond donors (Lipinski definition) is 0. The highest BCUT2D eigenvalue weighted by molar-refractivity contribution is 5.71. The topological polar surface area (TPSA) is 78.9 Å². The zero-order chi connectivity index (χ0) is 57.1. The predicted molar refractivity (Wildman–Crippen MR) is 343 cm³/mol. The van der Waals surface area contributed by atoms with E-state index in [1.54, 1.807) is 0 Å². The van der Waals surface area contributed by atoms with Crippen molar-refractivity contribution in [1.82, 2.24) is 0 Å². The van der Waals surface area contributed by atoms with E-state index in [2.05, 4.69) is 167 Å². The molecule has 0 saturated carbocycles. The van der Waals surface area contributed by atoms with Gasteiger partial charge in [-0.1, -0.05) is 269 Å². The van der Waals surface area contributed by atoms with Gasteiger partial charge in [-0.15, -0.1) is 0 Å². The van der Waals surface area contributed by atoms with Crippen molar-refractivity contribution in [1.29, 1.82) is 0 Å². The summed E-state index contributed by atoms with van der Waals surface area (Å²) >= 11 is 0. The second-order valence-corrected chi connectivity index (χ2v) is 20.9. The van der Waals surface area contributed by atoms with Gasteiger partial charge in [0.25, 0.3) is 0 Å². The Hall–Kier alpha value is -4.71. The van der Waals surface area contributed by atoms with Crippen LogP contribution in [0.5, 0.6) is 0 Å².